The van der Waals surface area contributed by atoms with Crippen molar-refractivity contribution in [2.45, 2.75) is 70.7 Å². The Labute approximate surface area is 271 Å². The Morgan fingerprint density at radius 1 is 1.04 bits per heavy atom. The van der Waals surface area contributed by atoms with Gasteiger partial charge in [0.25, 0.3) is 5.91 Å². The van der Waals surface area contributed by atoms with Crippen LogP contribution in [-0.2, 0) is 11.3 Å². The van der Waals surface area contributed by atoms with Crippen LogP contribution in [0.25, 0.3) is 21.2 Å². The molecule has 0 radical (unpaired) electrons. The number of carbonyl (C=O) groups is 2. The number of aromatic hydroxyl groups is 1. The molecule has 5 rings (SSSR count). The summed E-state index contributed by atoms with van der Waals surface area (Å²) in [5.74, 6) is -0.810. The van der Waals surface area contributed by atoms with Crippen LogP contribution in [0, 0.1) is 17.1 Å². The van der Waals surface area contributed by atoms with Crippen molar-refractivity contribution < 1.29 is 23.8 Å². The topological polar surface area (TPSA) is 93.9 Å². The van der Waals surface area contributed by atoms with Crippen LogP contribution < -0.4 is 0 Å². The predicted octanol–water partition coefficient (Wildman–Crippen LogP) is 8.76. The maximum absolute atomic E-state index is 14.7. The number of carbonyl (C=O) groups excluding carboxylic acids is 2. The number of nitriles is 1. The molecule has 0 atom stereocenters. The highest BCUT2D eigenvalue weighted by Crippen LogP contribution is 2.40. The molecule has 3 aromatic carbocycles. The average Bonchev–Trinajstić information content (AvgIpc) is 3.36. The van der Waals surface area contributed by atoms with Gasteiger partial charge in [-0.3, -0.25) is 4.79 Å². The van der Waals surface area contributed by atoms with Gasteiger partial charge in [-0.15, -0.1) is 11.3 Å². The Hall–Kier alpha value is -4.13. The summed E-state index contributed by atoms with van der Waals surface area (Å²) in [6.45, 7) is 5.57. The largest absolute Gasteiger partial charge is 0.508 e. The number of thiophene rings is 1. The Morgan fingerprint density at radius 3 is 2.38 bits per heavy atom. The van der Waals surface area contributed by atoms with E-state index in [9.17, 15) is 24.3 Å². The summed E-state index contributed by atoms with van der Waals surface area (Å²) < 4.78 is 20.9. The quantitative estimate of drug-likeness (QED) is 0.226. The van der Waals surface area contributed by atoms with Crippen LogP contribution in [0.1, 0.15) is 67.3 Å². The van der Waals surface area contributed by atoms with Crippen LogP contribution in [0.3, 0.4) is 0 Å². The Kier molecular flexibility index (Phi) is 9.38. The fraction of sp³-hybridized carbons (Fsp3) is 0.343. The molecule has 0 aliphatic heterocycles. The number of fused-ring (bicyclic) bond motifs is 1. The molecule has 0 saturated heterocycles. The second-order valence-electron chi connectivity index (χ2n) is 12.4. The fourth-order valence-corrected chi connectivity index (χ4v) is 7.30. The van der Waals surface area contributed by atoms with E-state index < -0.39 is 11.4 Å². The maximum atomic E-state index is 14.7. The number of phenolic OH excluding ortho intramolecular Hbond substituents is 1. The Morgan fingerprint density at radius 2 is 1.71 bits per heavy atom. The standard InChI is InChI=1S/C35H35ClFN3O4S/c1-35(2,3)44-34(43)39(4)25-12-14-26(15-13-25)40(33(42)32-31(36)30-27(37)9-6-10-29(30)45-32)20-24-18-23(11-16-28(24)41)22-8-5-7-21(17-22)19-38/h5-11,16-18,25-26,41H,12-15,20H2,1-4H3. The first-order valence-corrected chi connectivity index (χ1v) is 16.0. The Bertz CT molecular complexity index is 1790. The fourth-order valence-electron chi connectivity index (χ4n) is 5.79. The summed E-state index contributed by atoms with van der Waals surface area (Å²) in [4.78, 5) is 30.6. The van der Waals surface area contributed by atoms with Gasteiger partial charge < -0.3 is 19.6 Å². The summed E-state index contributed by atoms with van der Waals surface area (Å²) in [5, 5.41) is 20.6. The molecule has 45 heavy (non-hydrogen) atoms. The second-order valence-corrected chi connectivity index (χ2v) is 13.8. The van der Waals surface area contributed by atoms with Gasteiger partial charge in [0.15, 0.2) is 0 Å². The van der Waals surface area contributed by atoms with E-state index in [0.717, 1.165) is 22.5 Å². The SMILES string of the molecule is CN(C(=O)OC(C)(C)C)C1CCC(N(Cc2cc(-c3cccc(C#N)c3)ccc2O)C(=O)c2sc3cccc(F)c3c2Cl)CC1. The number of benzene rings is 3. The zero-order chi connectivity index (χ0) is 32.5. The van der Waals surface area contributed by atoms with Crippen molar-refractivity contribution in [3.63, 3.8) is 0 Å². The first-order chi connectivity index (χ1) is 21.4. The van der Waals surface area contributed by atoms with Crippen LogP contribution >= 0.6 is 22.9 Å². The van der Waals surface area contributed by atoms with E-state index in [2.05, 4.69) is 6.07 Å². The highest BCUT2D eigenvalue weighted by Gasteiger charge is 2.35. The number of phenols is 1. The van der Waals surface area contributed by atoms with Gasteiger partial charge in [0, 0.05) is 41.3 Å². The van der Waals surface area contributed by atoms with E-state index in [-0.39, 0.29) is 51.7 Å². The van der Waals surface area contributed by atoms with Crippen molar-refractivity contribution in [3.05, 3.63) is 87.5 Å². The molecule has 1 N–H and O–H groups in total. The number of rotatable bonds is 6. The van der Waals surface area contributed by atoms with Gasteiger partial charge in [0.2, 0.25) is 0 Å². The molecule has 0 spiro atoms. The molecule has 0 unspecified atom stereocenters. The number of ether oxygens (including phenoxy) is 1. The predicted molar refractivity (Wildman–Crippen MR) is 175 cm³/mol. The minimum absolute atomic E-state index is 0.0276. The van der Waals surface area contributed by atoms with E-state index in [1.54, 1.807) is 59.3 Å². The summed E-state index contributed by atoms with van der Waals surface area (Å²) in [5.41, 5.74) is 2.03. The molecule has 1 aliphatic rings. The van der Waals surface area contributed by atoms with Gasteiger partial charge in [0.05, 0.1) is 16.7 Å². The molecule has 0 bridgehead atoms. The lowest BCUT2D eigenvalue weighted by molar-refractivity contribution is 0.0144. The molecular formula is C35H35ClFN3O4S. The molecule has 234 valence electrons. The van der Waals surface area contributed by atoms with Crippen LogP contribution in [0.15, 0.2) is 60.7 Å². The van der Waals surface area contributed by atoms with Gasteiger partial charge >= 0.3 is 6.09 Å². The van der Waals surface area contributed by atoms with Crippen molar-refractivity contribution >= 4 is 45.0 Å². The van der Waals surface area contributed by atoms with E-state index in [1.807, 2.05) is 32.9 Å². The van der Waals surface area contributed by atoms with Crippen molar-refractivity contribution in [2.75, 3.05) is 7.05 Å². The van der Waals surface area contributed by atoms with Gasteiger partial charge in [-0.2, -0.15) is 5.26 Å². The van der Waals surface area contributed by atoms with Crippen LogP contribution in [-0.4, -0.2) is 51.6 Å². The lowest BCUT2D eigenvalue weighted by Crippen LogP contribution is -2.47. The van der Waals surface area contributed by atoms with Crippen molar-refractivity contribution in [1.29, 1.82) is 5.26 Å². The highest BCUT2D eigenvalue weighted by atomic mass is 35.5. The normalized spacial score (nSPS) is 16.6. The molecule has 2 amide bonds. The zero-order valence-corrected chi connectivity index (χ0v) is 27.2. The third kappa shape index (κ3) is 7.08. The molecule has 1 aromatic heterocycles. The molecule has 4 aromatic rings. The van der Waals surface area contributed by atoms with Crippen molar-refractivity contribution in [3.8, 4) is 22.9 Å². The first kappa shape index (κ1) is 32.3. The summed E-state index contributed by atoms with van der Waals surface area (Å²) in [6.07, 6.45) is 2.11. The number of amides is 2. The number of hydrogen-bond donors (Lipinski definition) is 1. The second kappa shape index (κ2) is 13.1. The van der Waals surface area contributed by atoms with E-state index in [1.165, 1.54) is 6.07 Å². The monoisotopic (exact) mass is 647 g/mol. The average molecular weight is 648 g/mol. The molecule has 1 fully saturated rings. The number of halogens is 2. The van der Waals surface area contributed by atoms with E-state index in [4.69, 9.17) is 16.3 Å². The third-order valence-corrected chi connectivity index (χ3v) is 9.78. The minimum atomic E-state index is -0.610. The van der Waals surface area contributed by atoms with Crippen LogP contribution in [0.2, 0.25) is 5.02 Å². The van der Waals surface area contributed by atoms with Gasteiger partial charge in [-0.25, -0.2) is 9.18 Å². The smallest absolute Gasteiger partial charge is 0.410 e. The summed E-state index contributed by atoms with van der Waals surface area (Å²) in [6, 6.07) is 18.9. The van der Waals surface area contributed by atoms with E-state index in [0.29, 0.717) is 41.5 Å². The van der Waals surface area contributed by atoms with Crippen molar-refractivity contribution in [1.82, 2.24) is 9.80 Å². The minimum Gasteiger partial charge on any atom is -0.508 e. The summed E-state index contributed by atoms with van der Waals surface area (Å²) >= 11 is 7.80. The first-order valence-electron chi connectivity index (χ1n) is 14.8. The maximum Gasteiger partial charge on any atom is 0.410 e. The lowest BCUT2D eigenvalue weighted by Gasteiger charge is -2.40. The van der Waals surface area contributed by atoms with Crippen molar-refractivity contribution in [2.24, 2.45) is 0 Å². The number of hydrogen-bond acceptors (Lipinski definition) is 6. The van der Waals surface area contributed by atoms with Gasteiger partial charge in [-0.05, 0) is 94.0 Å². The van der Waals surface area contributed by atoms with Gasteiger partial charge in [0.1, 0.15) is 22.0 Å². The molecule has 7 nitrogen and oxygen atoms in total. The third-order valence-electron chi connectivity index (χ3n) is 8.14. The highest BCUT2D eigenvalue weighted by molar-refractivity contribution is 7.21. The van der Waals surface area contributed by atoms with E-state index >= 15 is 0 Å². The zero-order valence-electron chi connectivity index (χ0n) is 25.6. The van der Waals surface area contributed by atoms with Crippen LogP contribution in [0.4, 0.5) is 9.18 Å². The Balaban J connectivity index is 1.46. The molecule has 10 heteroatoms. The molecule has 1 heterocycles. The van der Waals surface area contributed by atoms with Gasteiger partial charge in [-0.1, -0.05) is 35.9 Å². The lowest BCUT2D eigenvalue weighted by atomic mass is 9.89. The van der Waals surface area contributed by atoms with Crippen LogP contribution in [0.5, 0.6) is 5.75 Å². The summed E-state index contributed by atoms with van der Waals surface area (Å²) in [7, 11) is 1.73. The molecular weight excluding hydrogens is 613 g/mol. The number of nitrogens with zero attached hydrogens (tertiary/aromatic N) is 3. The molecule has 1 saturated carbocycles. The molecule has 1 aliphatic carbocycles.